The number of nitrogens with one attached hydrogen (secondary N) is 3. The second-order valence-electron chi connectivity index (χ2n) is 9.47. The van der Waals surface area contributed by atoms with E-state index in [9.17, 15) is 4.79 Å². The number of rotatable bonds is 6. The molecule has 198 valence electrons. The van der Waals surface area contributed by atoms with Crippen LogP contribution < -0.4 is 5.32 Å². The summed E-state index contributed by atoms with van der Waals surface area (Å²) in [7, 11) is 0. The summed E-state index contributed by atoms with van der Waals surface area (Å²) in [6, 6.07) is 20.3. The Morgan fingerprint density at radius 1 is 0.878 bits per heavy atom. The number of fused-ring (bicyclic) bond motifs is 2. The van der Waals surface area contributed by atoms with E-state index in [1.165, 1.54) is 6.20 Å². The zero-order valence-corrected chi connectivity index (χ0v) is 21.5. The Kier molecular flexibility index (Phi) is 5.97. The summed E-state index contributed by atoms with van der Waals surface area (Å²) in [6.07, 6.45) is 8.43. The van der Waals surface area contributed by atoms with Gasteiger partial charge in [0.25, 0.3) is 0 Å². The highest BCUT2D eigenvalue weighted by Crippen LogP contribution is 2.35. The lowest BCUT2D eigenvalue weighted by atomic mass is 10.0. The second kappa shape index (κ2) is 10.1. The molecule has 0 spiro atoms. The van der Waals surface area contributed by atoms with Crippen molar-refractivity contribution in [3.05, 3.63) is 109 Å². The van der Waals surface area contributed by atoms with Crippen molar-refractivity contribution in [3.8, 4) is 33.8 Å². The zero-order chi connectivity index (χ0) is 27.8. The fourth-order valence-electron chi connectivity index (χ4n) is 4.90. The first kappa shape index (κ1) is 24.3. The molecule has 2 aromatic carbocycles. The molecule has 1 amide bonds. The van der Waals surface area contributed by atoms with E-state index in [-0.39, 0.29) is 17.7 Å². The van der Waals surface area contributed by atoms with Crippen LogP contribution in [0.5, 0.6) is 0 Å². The van der Waals surface area contributed by atoms with Gasteiger partial charge in [0.2, 0.25) is 5.91 Å². The van der Waals surface area contributed by atoms with Gasteiger partial charge in [-0.1, -0.05) is 30.3 Å². The number of anilines is 1. The van der Waals surface area contributed by atoms with Crippen molar-refractivity contribution in [2.24, 2.45) is 0 Å². The van der Waals surface area contributed by atoms with Crippen LogP contribution in [0.2, 0.25) is 0 Å². The molecule has 0 aliphatic carbocycles. The number of aromatic nitrogens is 7. The van der Waals surface area contributed by atoms with Crippen molar-refractivity contribution in [1.82, 2.24) is 35.1 Å². The highest BCUT2D eigenvalue weighted by atomic mass is 19.1. The smallest absolute Gasteiger partial charge is 0.228 e. The summed E-state index contributed by atoms with van der Waals surface area (Å²) < 4.78 is 16.2. The van der Waals surface area contributed by atoms with E-state index in [1.807, 2.05) is 48.5 Å². The average Bonchev–Trinajstić information content (AvgIpc) is 3.63. The molecule has 5 aromatic heterocycles. The van der Waals surface area contributed by atoms with Crippen LogP contribution >= 0.6 is 0 Å². The predicted molar refractivity (Wildman–Crippen MR) is 154 cm³/mol. The molecule has 9 nitrogen and oxygen atoms in total. The fraction of sp³-hybridized carbons (Fsp3) is 0.0323. The van der Waals surface area contributed by atoms with Crippen LogP contribution in [-0.4, -0.2) is 41.0 Å². The predicted octanol–water partition coefficient (Wildman–Crippen LogP) is 5.95. The lowest BCUT2D eigenvalue weighted by Gasteiger charge is -2.09. The molecule has 0 unspecified atom stereocenters. The van der Waals surface area contributed by atoms with Crippen molar-refractivity contribution in [2.75, 3.05) is 5.32 Å². The van der Waals surface area contributed by atoms with Crippen molar-refractivity contribution in [3.63, 3.8) is 0 Å². The van der Waals surface area contributed by atoms with Gasteiger partial charge in [0.15, 0.2) is 11.5 Å². The summed E-state index contributed by atoms with van der Waals surface area (Å²) in [4.78, 5) is 33.2. The lowest BCUT2D eigenvalue weighted by Crippen LogP contribution is -2.14. The summed E-state index contributed by atoms with van der Waals surface area (Å²) in [5.74, 6) is -0.284. The normalized spacial score (nSPS) is 11.2. The highest BCUT2D eigenvalue weighted by molar-refractivity contribution is 5.98. The van der Waals surface area contributed by atoms with Crippen LogP contribution in [0.4, 0.5) is 10.1 Å². The van der Waals surface area contributed by atoms with Crippen molar-refractivity contribution in [2.45, 2.75) is 6.42 Å². The van der Waals surface area contributed by atoms with Gasteiger partial charge in [-0.05, 0) is 47.5 Å². The third-order valence-electron chi connectivity index (χ3n) is 6.82. The Labute approximate surface area is 232 Å². The third kappa shape index (κ3) is 4.57. The molecule has 0 fully saturated rings. The number of hydrogen-bond donors (Lipinski definition) is 3. The summed E-state index contributed by atoms with van der Waals surface area (Å²) in [5, 5.41) is 10.4. The number of carbonyl (C=O) groups is 1. The number of amides is 1. The van der Waals surface area contributed by atoms with Crippen molar-refractivity contribution < 1.29 is 9.18 Å². The molecular weight excluding hydrogens is 519 g/mol. The van der Waals surface area contributed by atoms with E-state index >= 15 is 4.39 Å². The SMILES string of the molecule is O=C(Cc1ccccc1)Nc1cncc(-c2ccc3[nH]nc(-c4nc5nccc(-c6ccncc6)c5[nH]4)c3c2F)c1. The number of H-pyrrole nitrogens is 2. The Bertz CT molecular complexity index is 2040. The Morgan fingerprint density at radius 2 is 1.73 bits per heavy atom. The summed E-state index contributed by atoms with van der Waals surface area (Å²) >= 11 is 0. The van der Waals surface area contributed by atoms with Crippen LogP contribution in [0.3, 0.4) is 0 Å². The number of halogens is 1. The van der Waals surface area contributed by atoms with Gasteiger partial charge in [-0.15, -0.1) is 0 Å². The summed E-state index contributed by atoms with van der Waals surface area (Å²) in [6.45, 7) is 0. The number of aromatic amines is 2. The highest BCUT2D eigenvalue weighted by Gasteiger charge is 2.21. The Hall–Kier alpha value is -5.77. The topological polar surface area (TPSA) is 125 Å². The molecule has 7 aromatic rings. The van der Waals surface area contributed by atoms with E-state index in [0.717, 1.165) is 16.7 Å². The first-order valence-electron chi connectivity index (χ1n) is 12.9. The molecule has 3 N–H and O–H groups in total. The van der Waals surface area contributed by atoms with Gasteiger partial charge in [0.1, 0.15) is 11.5 Å². The van der Waals surface area contributed by atoms with Crippen LogP contribution in [0.15, 0.2) is 97.7 Å². The van der Waals surface area contributed by atoms with Gasteiger partial charge in [0, 0.05) is 41.5 Å². The molecule has 10 heteroatoms. The van der Waals surface area contributed by atoms with E-state index in [0.29, 0.717) is 45.0 Å². The van der Waals surface area contributed by atoms with E-state index in [4.69, 9.17) is 0 Å². The fourth-order valence-corrected chi connectivity index (χ4v) is 4.90. The molecular formula is C31H21FN8O. The van der Waals surface area contributed by atoms with Crippen molar-refractivity contribution >= 4 is 33.7 Å². The second-order valence-corrected chi connectivity index (χ2v) is 9.47. The number of benzene rings is 2. The van der Waals surface area contributed by atoms with E-state index in [1.54, 1.807) is 43.0 Å². The maximum absolute atomic E-state index is 16.2. The Balaban J connectivity index is 1.24. The zero-order valence-electron chi connectivity index (χ0n) is 21.5. The van der Waals surface area contributed by atoms with Crippen LogP contribution in [0, 0.1) is 5.82 Å². The molecule has 0 saturated heterocycles. The van der Waals surface area contributed by atoms with Gasteiger partial charge in [0.05, 0.1) is 34.7 Å². The molecule has 0 bridgehead atoms. The molecule has 0 atom stereocenters. The molecule has 0 aliphatic heterocycles. The first-order valence-corrected chi connectivity index (χ1v) is 12.9. The Morgan fingerprint density at radius 3 is 2.59 bits per heavy atom. The van der Waals surface area contributed by atoms with Gasteiger partial charge in [-0.2, -0.15) is 5.10 Å². The van der Waals surface area contributed by atoms with E-state index in [2.05, 4.69) is 40.4 Å². The molecule has 0 radical (unpaired) electrons. The van der Waals surface area contributed by atoms with Crippen LogP contribution in [0.25, 0.3) is 55.8 Å². The number of hydrogen-bond acceptors (Lipinski definition) is 6. The minimum absolute atomic E-state index is 0.187. The summed E-state index contributed by atoms with van der Waals surface area (Å²) in [5.41, 5.74) is 6.10. The minimum Gasteiger partial charge on any atom is -0.335 e. The van der Waals surface area contributed by atoms with E-state index < -0.39 is 5.82 Å². The maximum Gasteiger partial charge on any atom is 0.228 e. The van der Waals surface area contributed by atoms with Crippen molar-refractivity contribution in [1.29, 1.82) is 0 Å². The largest absolute Gasteiger partial charge is 0.335 e. The maximum atomic E-state index is 16.2. The number of carbonyl (C=O) groups excluding carboxylic acids is 1. The number of pyridine rings is 3. The number of nitrogens with zero attached hydrogens (tertiary/aromatic N) is 5. The van der Waals surface area contributed by atoms with Gasteiger partial charge in [-0.25, -0.2) is 14.4 Å². The van der Waals surface area contributed by atoms with Gasteiger partial charge >= 0.3 is 0 Å². The molecule has 7 rings (SSSR count). The molecule has 41 heavy (non-hydrogen) atoms. The van der Waals surface area contributed by atoms with Gasteiger partial charge in [-0.3, -0.25) is 19.9 Å². The minimum atomic E-state index is -0.483. The molecule has 5 heterocycles. The number of imidazole rings is 1. The monoisotopic (exact) mass is 540 g/mol. The third-order valence-corrected chi connectivity index (χ3v) is 6.82. The van der Waals surface area contributed by atoms with Crippen LogP contribution in [0.1, 0.15) is 5.56 Å². The standard InChI is InChI=1S/C31H21FN8O/c32-27-22(20-15-21(17-34-16-20)36-25(41)14-18-4-2-1-3-5-18)6-7-24-26(27)29(40-39-24)31-37-28-23(10-13-35-30(28)38-31)19-8-11-33-12-9-19/h1-13,15-17H,14H2,(H,36,41)(H,39,40)(H,35,37,38). The van der Waals surface area contributed by atoms with Gasteiger partial charge < -0.3 is 10.3 Å². The van der Waals surface area contributed by atoms with Crippen LogP contribution in [-0.2, 0) is 11.2 Å². The molecule has 0 aliphatic rings. The molecule has 0 saturated carbocycles. The quantitative estimate of drug-likeness (QED) is 0.240. The first-order chi connectivity index (χ1) is 20.1. The lowest BCUT2D eigenvalue weighted by molar-refractivity contribution is -0.115. The average molecular weight is 541 g/mol.